The van der Waals surface area contributed by atoms with Crippen molar-refractivity contribution in [3.8, 4) is 0 Å². The zero-order valence-electron chi connectivity index (χ0n) is 21.5. The summed E-state index contributed by atoms with van der Waals surface area (Å²) in [5, 5.41) is 26.5. The first-order chi connectivity index (χ1) is 19.6. The zero-order chi connectivity index (χ0) is 31.4. The molecule has 1 amide bonds. The molecule has 1 aromatic heterocycles. The summed E-state index contributed by atoms with van der Waals surface area (Å²) in [7, 11) is 0. The van der Waals surface area contributed by atoms with E-state index in [-0.39, 0.29) is 37.2 Å². The molecule has 1 unspecified atom stereocenters. The van der Waals surface area contributed by atoms with Crippen LogP contribution >= 0.6 is 0 Å². The van der Waals surface area contributed by atoms with Crippen LogP contribution in [0.4, 0.5) is 26.3 Å². The molecule has 1 aliphatic heterocycles. The highest BCUT2D eigenvalue weighted by molar-refractivity contribution is 5.87. The van der Waals surface area contributed by atoms with E-state index in [1.54, 1.807) is 30.3 Å². The minimum Gasteiger partial charge on any atom is -0.479 e. The zero-order valence-corrected chi connectivity index (χ0v) is 21.5. The predicted octanol–water partition coefficient (Wildman–Crippen LogP) is 3.12. The van der Waals surface area contributed by atoms with Gasteiger partial charge in [-0.2, -0.15) is 13.2 Å². The molecule has 0 saturated heterocycles. The molecule has 4 rings (SSSR count). The van der Waals surface area contributed by atoms with Crippen LogP contribution in [0.3, 0.4) is 0 Å². The number of aromatic carboxylic acids is 1. The smallest absolute Gasteiger partial charge is 0.449 e. The molecular weight excluding hydrogens is 578 g/mol. The molecule has 2 heterocycles. The summed E-state index contributed by atoms with van der Waals surface area (Å²) >= 11 is 0. The van der Waals surface area contributed by atoms with Crippen LogP contribution in [0.25, 0.3) is 0 Å². The van der Waals surface area contributed by atoms with E-state index in [1.807, 2.05) is 0 Å². The maximum Gasteiger partial charge on any atom is 0.449 e. The number of halogens is 6. The number of benzene rings is 2. The maximum atomic E-state index is 13.8. The van der Waals surface area contributed by atoms with Gasteiger partial charge in [-0.15, -0.1) is 0 Å². The Morgan fingerprint density at radius 2 is 1.60 bits per heavy atom. The van der Waals surface area contributed by atoms with Gasteiger partial charge in [0.25, 0.3) is 0 Å². The van der Waals surface area contributed by atoms with E-state index < -0.39 is 71.7 Å². The summed E-state index contributed by atoms with van der Waals surface area (Å²) in [6, 6.07) is 8.25. The quantitative estimate of drug-likeness (QED) is 0.237. The van der Waals surface area contributed by atoms with Gasteiger partial charge in [0.2, 0.25) is 11.7 Å². The third-order valence-electron chi connectivity index (χ3n) is 6.17. The van der Waals surface area contributed by atoms with Crippen LogP contribution in [-0.4, -0.2) is 60.2 Å². The van der Waals surface area contributed by atoms with Crippen LogP contribution in [-0.2, 0) is 35.3 Å². The third-order valence-corrected chi connectivity index (χ3v) is 6.17. The summed E-state index contributed by atoms with van der Waals surface area (Å²) in [6.45, 7) is -0.921. The number of amides is 1. The average molecular weight is 602 g/mol. The van der Waals surface area contributed by atoms with E-state index in [9.17, 15) is 40.7 Å². The van der Waals surface area contributed by atoms with Crippen LogP contribution in [0.2, 0.25) is 0 Å². The van der Waals surface area contributed by atoms with Crippen molar-refractivity contribution in [2.75, 3.05) is 6.54 Å². The van der Waals surface area contributed by atoms with E-state index in [2.05, 4.69) is 4.98 Å². The molecule has 2 aromatic carbocycles. The van der Waals surface area contributed by atoms with Gasteiger partial charge in [-0.25, -0.2) is 27.7 Å². The number of nitrogens with zero attached hydrogens (tertiary/aromatic N) is 3. The van der Waals surface area contributed by atoms with Crippen molar-refractivity contribution in [1.82, 2.24) is 14.5 Å². The van der Waals surface area contributed by atoms with Crippen molar-refractivity contribution < 1.29 is 56.0 Å². The van der Waals surface area contributed by atoms with Gasteiger partial charge in [0.05, 0.1) is 12.2 Å². The Morgan fingerprint density at radius 3 is 2.17 bits per heavy atom. The fourth-order valence-corrected chi connectivity index (χ4v) is 4.17. The molecule has 5 N–H and O–H groups in total. The molecule has 3 aromatic rings. The molecule has 16 heteroatoms. The van der Waals surface area contributed by atoms with E-state index in [0.29, 0.717) is 22.3 Å². The molecule has 2 atom stereocenters. The summed E-state index contributed by atoms with van der Waals surface area (Å²) < 4.78 is 80.1. The Balaban J connectivity index is 0.000000369. The minimum absolute atomic E-state index is 0.156. The van der Waals surface area contributed by atoms with Crippen molar-refractivity contribution in [1.29, 1.82) is 0 Å². The number of rotatable bonds is 7. The normalized spacial score (nSPS) is 14.3. The number of alkyl halides is 3. The summed E-state index contributed by atoms with van der Waals surface area (Å²) in [5.41, 5.74) is 4.89. The van der Waals surface area contributed by atoms with Gasteiger partial charge >= 0.3 is 18.1 Å². The van der Waals surface area contributed by atoms with Gasteiger partial charge in [0.1, 0.15) is 5.82 Å². The second kappa shape index (κ2) is 13.0. The van der Waals surface area contributed by atoms with Gasteiger partial charge in [0, 0.05) is 31.6 Å². The van der Waals surface area contributed by atoms with Crippen LogP contribution in [0.1, 0.15) is 45.7 Å². The number of carbonyl (C=O) groups excluding carboxylic acids is 1. The number of carboxylic acids is 2. The topological polar surface area (TPSA) is 159 Å². The second-order valence-electron chi connectivity index (χ2n) is 9.18. The molecular formula is C26H24F6N4O6. The number of carbonyl (C=O) groups is 3. The number of aliphatic hydroxyl groups excluding tert-OH is 1. The number of carboxylic acid groups (broad SMARTS) is 2. The van der Waals surface area contributed by atoms with Crippen LogP contribution in [0.5, 0.6) is 0 Å². The molecule has 10 nitrogen and oxygen atoms in total. The fraction of sp³-hybridized carbons (Fsp3) is 0.308. The first kappa shape index (κ1) is 32.1. The number of aliphatic carboxylic acids is 1. The van der Waals surface area contributed by atoms with E-state index in [4.69, 9.17) is 21.1 Å². The van der Waals surface area contributed by atoms with Crippen molar-refractivity contribution in [2.24, 2.45) is 5.73 Å². The molecule has 226 valence electrons. The summed E-state index contributed by atoms with van der Waals surface area (Å²) in [6.07, 6.45) is -6.94. The number of hydrogen-bond acceptors (Lipinski definition) is 6. The number of aliphatic hydroxyl groups is 1. The minimum atomic E-state index is -4.87. The monoisotopic (exact) mass is 602 g/mol. The van der Waals surface area contributed by atoms with Gasteiger partial charge in [0.15, 0.2) is 23.4 Å². The Labute approximate surface area is 233 Å². The molecule has 0 bridgehead atoms. The number of aromatic nitrogens is 2. The second-order valence-corrected chi connectivity index (χ2v) is 9.18. The highest BCUT2D eigenvalue weighted by Gasteiger charge is 2.41. The van der Waals surface area contributed by atoms with Crippen LogP contribution < -0.4 is 5.73 Å². The van der Waals surface area contributed by atoms with Crippen molar-refractivity contribution in [3.05, 3.63) is 88.3 Å². The molecule has 0 radical (unpaired) electrons. The lowest BCUT2D eigenvalue weighted by atomic mass is 10.0. The first-order valence-corrected chi connectivity index (χ1v) is 12.1. The number of imidazole rings is 1. The lowest BCUT2D eigenvalue weighted by molar-refractivity contribution is -0.148. The molecule has 0 spiro atoms. The van der Waals surface area contributed by atoms with E-state index >= 15 is 0 Å². The Kier molecular flexibility index (Phi) is 9.95. The number of nitrogens with two attached hydrogens (primary N) is 1. The van der Waals surface area contributed by atoms with Gasteiger partial charge < -0.3 is 30.5 Å². The standard InChI is InChI=1S/C18H16F6N4O3.C8H8O3/c19-10-6-12(21)11(20)4-8(10)3-9(25)5-14(29)27-1-2-28-13(7-27)15(16(30)31)26-17(28)18(22,23)24;9-7(8(10)11)6-4-2-1-3-5-6/h4,6,9H,1-3,5,7,25H2,(H,30,31);1-5,7,9H,(H,10,11)/t9-;/m1./s1. The van der Waals surface area contributed by atoms with Crippen molar-refractivity contribution >= 4 is 17.8 Å². The summed E-state index contributed by atoms with van der Waals surface area (Å²) in [5.74, 6) is -8.56. The first-order valence-electron chi connectivity index (χ1n) is 12.1. The van der Waals surface area contributed by atoms with Gasteiger partial charge in [-0.3, -0.25) is 4.79 Å². The van der Waals surface area contributed by atoms with E-state index in [1.165, 1.54) is 0 Å². The maximum absolute atomic E-state index is 13.8. The summed E-state index contributed by atoms with van der Waals surface area (Å²) in [4.78, 5) is 38.3. The van der Waals surface area contributed by atoms with E-state index in [0.717, 1.165) is 4.90 Å². The van der Waals surface area contributed by atoms with Gasteiger partial charge in [-0.05, 0) is 23.6 Å². The molecule has 0 aliphatic carbocycles. The lowest BCUT2D eigenvalue weighted by Gasteiger charge is -2.30. The molecule has 0 fully saturated rings. The number of hydrogen-bond donors (Lipinski definition) is 4. The Bertz CT molecular complexity index is 1460. The SMILES string of the molecule is N[C@@H](CC(=O)N1CCn2c(C(F)(F)F)nc(C(=O)O)c2C1)Cc1cc(F)c(F)cc1F.O=C(O)C(O)c1ccccc1. The Hall–Kier alpha value is -4.44. The lowest BCUT2D eigenvalue weighted by Crippen LogP contribution is -2.42. The highest BCUT2D eigenvalue weighted by atomic mass is 19.4. The largest absolute Gasteiger partial charge is 0.479 e. The van der Waals surface area contributed by atoms with Crippen molar-refractivity contribution in [3.63, 3.8) is 0 Å². The highest BCUT2D eigenvalue weighted by Crippen LogP contribution is 2.32. The average Bonchev–Trinajstić information content (AvgIpc) is 3.32. The van der Waals surface area contributed by atoms with Gasteiger partial charge in [-0.1, -0.05) is 30.3 Å². The molecule has 1 aliphatic rings. The van der Waals surface area contributed by atoms with Crippen LogP contribution in [0, 0.1) is 17.5 Å². The Morgan fingerprint density at radius 1 is 0.976 bits per heavy atom. The van der Waals surface area contributed by atoms with Crippen LogP contribution in [0.15, 0.2) is 42.5 Å². The molecule has 0 saturated carbocycles. The number of fused-ring (bicyclic) bond motifs is 1. The molecule has 42 heavy (non-hydrogen) atoms. The fourth-order valence-electron chi connectivity index (χ4n) is 4.17. The predicted molar refractivity (Wildman–Crippen MR) is 131 cm³/mol. The third kappa shape index (κ3) is 7.64. The van der Waals surface area contributed by atoms with Crippen molar-refractivity contribution in [2.45, 2.75) is 44.3 Å².